The topological polar surface area (TPSA) is 63.6 Å². The highest BCUT2D eigenvalue weighted by atomic mass is 16.5. The Bertz CT molecular complexity index is 710. The number of hydrogen-bond acceptors (Lipinski definition) is 3. The van der Waals surface area contributed by atoms with Gasteiger partial charge >= 0.3 is 11.9 Å². The van der Waals surface area contributed by atoms with E-state index in [1.807, 2.05) is 13.8 Å². The van der Waals surface area contributed by atoms with Crippen LogP contribution in [-0.2, 0) is 14.3 Å². The molecular formula is C25H38O4. The molecule has 0 aromatic rings. The number of allylic oxidation sites excluding steroid dienone is 1. The maximum absolute atomic E-state index is 12.7. The molecule has 0 heterocycles. The van der Waals surface area contributed by atoms with E-state index in [4.69, 9.17) is 4.74 Å². The smallest absolute Gasteiger partial charge is 0.308 e. The Balaban J connectivity index is 1.99. The summed E-state index contributed by atoms with van der Waals surface area (Å²) in [6.45, 7) is 17.0. The molecule has 0 aromatic heterocycles. The molecule has 0 saturated heterocycles. The molecule has 0 aliphatic heterocycles. The highest BCUT2D eigenvalue weighted by Gasteiger charge is 2.66. The number of rotatable bonds is 7. The first kappa shape index (κ1) is 22.1. The summed E-state index contributed by atoms with van der Waals surface area (Å²) in [4.78, 5) is 24.2. The summed E-state index contributed by atoms with van der Waals surface area (Å²) in [6.07, 6.45) is 6.44. The zero-order valence-corrected chi connectivity index (χ0v) is 18.6. The van der Waals surface area contributed by atoms with Crippen molar-refractivity contribution in [3.05, 3.63) is 24.3 Å². The second kappa shape index (κ2) is 7.92. The van der Waals surface area contributed by atoms with Gasteiger partial charge in [0.05, 0.1) is 5.92 Å². The number of carboxylic acid groups (broad SMARTS) is 1. The number of hydrogen-bond donors (Lipinski definition) is 1. The lowest BCUT2D eigenvalue weighted by Crippen LogP contribution is -2.57. The first-order valence-electron chi connectivity index (χ1n) is 11.3. The molecule has 4 heteroatoms. The van der Waals surface area contributed by atoms with Crippen LogP contribution in [0.25, 0.3) is 0 Å². The molecule has 3 aliphatic rings. The van der Waals surface area contributed by atoms with Crippen molar-refractivity contribution in [1.82, 2.24) is 0 Å². The van der Waals surface area contributed by atoms with Gasteiger partial charge in [0.1, 0.15) is 6.10 Å². The summed E-state index contributed by atoms with van der Waals surface area (Å²) in [6, 6.07) is 0. The van der Waals surface area contributed by atoms with E-state index in [9.17, 15) is 14.7 Å². The molecule has 4 nitrogen and oxygen atoms in total. The van der Waals surface area contributed by atoms with Gasteiger partial charge in [-0.25, -0.2) is 0 Å². The lowest BCUT2D eigenvalue weighted by molar-refractivity contribution is -0.186. The van der Waals surface area contributed by atoms with Gasteiger partial charge in [0, 0.05) is 17.8 Å². The van der Waals surface area contributed by atoms with Crippen LogP contribution in [0.2, 0.25) is 0 Å². The van der Waals surface area contributed by atoms with E-state index in [0.717, 1.165) is 44.1 Å². The summed E-state index contributed by atoms with van der Waals surface area (Å²) in [7, 11) is 0. The van der Waals surface area contributed by atoms with E-state index in [0.29, 0.717) is 18.3 Å². The quantitative estimate of drug-likeness (QED) is 0.433. The van der Waals surface area contributed by atoms with Crippen LogP contribution in [0.15, 0.2) is 24.3 Å². The van der Waals surface area contributed by atoms with Crippen LogP contribution in [0, 0.1) is 34.5 Å². The normalized spacial score (nSPS) is 39.5. The van der Waals surface area contributed by atoms with E-state index >= 15 is 0 Å². The monoisotopic (exact) mass is 402 g/mol. The zero-order chi connectivity index (χ0) is 21.6. The number of fused-ring (bicyclic) bond motifs is 1. The minimum Gasteiger partial charge on any atom is -0.481 e. The highest BCUT2D eigenvalue weighted by Crippen LogP contribution is 2.70. The molecule has 2 bridgehead atoms. The second-order valence-electron chi connectivity index (χ2n) is 10.3. The SMILES string of the molecule is C=C1CC23CCC(C(=C)C)C(C)(CCC(=O)O)C2CCC1C3OC(=O)C(C)CC. The van der Waals surface area contributed by atoms with Crippen molar-refractivity contribution >= 4 is 11.9 Å². The van der Waals surface area contributed by atoms with Crippen LogP contribution in [0.4, 0.5) is 0 Å². The molecule has 1 spiro atoms. The molecule has 3 fully saturated rings. The molecule has 7 unspecified atom stereocenters. The number of ether oxygens (including phenoxy) is 1. The Kier molecular flexibility index (Phi) is 6.04. The first-order valence-corrected chi connectivity index (χ1v) is 11.3. The second-order valence-corrected chi connectivity index (χ2v) is 10.3. The third-order valence-corrected chi connectivity index (χ3v) is 8.69. The van der Waals surface area contributed by atoms with Gasteiger partial charge in [0.25, 0.3) is 0 Å². The van der Waals surface area contributed by atoms with Gasteiger partial charge in [-0.05, 0) is 69.1 Å². The van der Waals surface area contributed by atoms with Gasteiger partial charge in [-0.1, -0.05) is 45.1 Å². The average Bonchev–Trinajstić information content (AvgIpc) is 2.80. The molecule has 0 radical (unpaired) electrons. The van der Waals surface area contributed by atoms with E-state index < -0.39 is 5.97 Å². The van der Waals surface area contributed by atoms with Gasteiger partial charge in [-0.2, -0.15) is 0 Å². The van der Waals surface area contributed by atoms with Crippen LogP contribution in [-0.4, -0.2) is 23.1 Å². The van der Waals surface area contributed by atoms with Gasteiger partial charge in [-0.3, -0.25) is 9.59 Å². The van der Waals surface area contributed by atoms with Crippen molar-refractivity contribution in [2.45, 2.75) is 85.2 Å². The standard InChI is InChI=1S/C25H38O4/c1-7-16(4)23(28)29-22-18-8-9-20-24(6,12-11-21(26)27)19(15(2)3)10-13-25(20,22)14-17(18)5/h16,18-20,22H,2,5,7-14H2,1,3-4,6H3,(H,26,27). The van der Waals surface area contributed by atoms with Crippen molar-refractivity contribution in [2.75, 3.05) is 0 Å². The Morgan fingerprint density at radius 3 is 2.59 bits per heavy atom. The Labute approximate surface area is 175 Å². The van der Waals surface area contributed by atoms with E-state index in [1.165, 1.54) is 5.57 Å². The van der Waals surface area contributed by atoms with Crippen molar-refractivity contribution in [1.29, 1.82) is 0 Å². The number of esters is 1. The summed E-state index contributed by atoms with van der Waals surface area (Å²) in [5.74, 6) is -0.0279. The minimum atomic E-state index is -0.740. The summed E-state index contributed by atoms with van der Waals surface area (Å²) < 4.78 is 6.24. The largest absolute Gasteiger partial charge is 0.481 e. The third kappa shape index (κ3) is 3.57. The zero-order valence-electron chi connectivity index (χ0n) is 18.6. The number of aliphatic carboxylic acids is 1. The number of carboxylic acids is 1. The molecule has 0 amide bonds. The van der Waals surface area contributed by atoms with Crippen LogP contribution in [0.1, 0.15) is 79.1 Å². The molecule has 162 valence electrons. The van der Waals surface area contributed by atoms with Crippen molar-refractivity contribution in [2.24, 2.45) is 34.5 Å². The van der Waals surface area contributed by atoms with E-state index in [-0.39, 0.29) is 41.2 Å². The predicted molar refractivity (Wildman–Crippen MR) is 114 cm³/mol. The minimum absolute atomic E-state index is 0.0912. The van der Waals surface area contributed by atoms with Gasteiger partial charge in [0.15, 0.2) is 0 Å². The Morgan fingerprint density at radius 2 is 2.00 bits per heavy atom. The van der Waals surface area contributed by atoms with Crippen LogP contribution in [0.3, 0.4) is 0 Å². The van der Waals surface area contributed by atoms with Crippen LogP contribution >= 0.6 is 0 Å². The molecule has 3 rings (SSSR count). The number of carbonyl (C=O) groups is 2. The fourth-order valence-electron chi connectivity index (χ4n) is 7.10. The molecule has 7 atom stereocenters. The Hall–Kier alpha value is -1.58. The predicted octanol–water partition coefficient (Wildman–Crippen LogP) is 5.77. The lowest BCUT2D eigenvalue weighted by Gasteiger charge is -2.60. The van der Waals surface area contributed by atoms with Gasteiger partial charge in [-0.15, -0.1) is 0 Å². The maximum atomic E-state index is 12.7. The van der Waals surface area contributed by atoms with Gasteiger partial charge < -0.3 is 9.84 Å². The van der Waals surface area contributed by atoms with Gasteiger partial charge in [0.2, 0.25) is 0 Å². The van der Waals surface area contributed by atoms with Crippen LogP contribution in [0.5, 0.6) is 0 Å². The number of carbonyl (C=O) groups excluding carboxylic acids is 1. The van der Waals surface area contributed by atoms with E-state index in [2.05, 4.69) is 27.0 Å². The molecule has 29 heavy (non-hydrogen) atoms. The lowest BCUT2D eigenvalue weighted by atomic mass is 9.45. The first-order chi connectivity index (χ1) is 13.6. The molecule has 3 aliphatic carbocycles. The van der Waals surface area contributed by atoms with Crippen LogP contribution < -0.4 is 0 Å². The van der Waals surface area contributed by atoms with Crippen molar-refractivity contribution in [3.8, 4) is 0 Å². The summed E-state index contributed by atoms with van der Waals surface area (Å²) in [5, 5.41) is 9.40. The summed E-state index contributed by atoms with van der Waals surface area (Å²) >= 11 is 0. The summed E-state index contributed by atoms with van der Waals surface area (Å²) in [5.41, 5.74) is 2.14. The molecule has 3 saturated carbocycles. The average molecular weight is 403 g/mol. The van der Waals surface area contributed by atoms with Crippen molar-refractivity contribution in [3.63, 3.8) is 0 Å². The highest BCUT2D eigenvalue weighted by molar-refractivity contribution is 5.72. The maximum Gasteiger partial charge on any atom is 0.308 e. The molecule has 1 N–H and O–H groups in total. The fraction of sp³-hybridized carbons (Fsp3) is 0.760. The third-order valence-electron chi connectivity index (χ3n) is 8.69. The van der Waals surface area contributed by atoms with E-state index in [1.54, 1.807) is 0 Å². The fourth-order valence-corrected chi connectivity index (χ4v) is 7.10. The molecule has 0 aromatic carbocycles. The molecular weight excluding hydrogens is 364 g/mol. The van der Waals surface area contributed by atoms with Crippen molar-refractivity contribution < 1.29 is 19.4 Å². The Morgan fingerprint density at radius 1 is 1.31 bits per heavy atom.